The molecule has 0 aliphatic carbocycles. The third-order valence-corrected chi connectivity index (χ3v) is 1.87. The molecule has 1 unspecified atom stereocenters. The summed E-state index contributed by atoms with van der Waals surface area (Å²) in [6, 6.07) is -1.13. The van der Waals surface area contributed by atoms with Gasteiger partial charge in [0.25, 0.3) is 0 Å². The van der Waals surface area contributed by atoms with E-state index in [-0.39, 0.29) is 5.75 Å². The van der Waals surface area contributed by atoms with Crippen molar-refractivity contribution in [3.8, 4) is 0 Å². The zero-order valence-corrected chi connectivity index (χ0v) is 6.87. The molecular formula is C6H9NO3S. The van der Waals surface area contributed by atoms with Gasteiger partial charge in [0.1, 0.15) is 0 Å². The standard InChI is InChI=1S/C6H9NO3S/c1-2-3-11-4-5(7-10)6(8)9/h2-3,5H,4H2,1H3,(H,8,9). The van der Waals surface area contributed by atoms with Gasteiger partial charge >= 0.3 is 5.97 Å². The number of nitroso groups, excluding NO2 is 1. The second-order valence-corrected chi connectivity index (χ2v) is 2.70. The molecule has 0 saturated carbocycles. The molecule has 0 aromatic carbocycles. The van der Waals surface area contributed by atoms with Crippen LogP contribution in [-0.2, 0) is 4.79 Å². The Balaban J connectivity index is 3.70. The Morgan fingerprint density at radius 1 is 1.82 bits per heavy atom. The van der Waals surface area contributed by atoms with Crippen LogP contribution in [-0.4, -0.2) is 22.9 Å². The first-order valence-corrected chi connectivity index (χ1v) is 4.05. The normalized spacial score (nSPS) is 13.2. The largest absolute Gasteiger partial charge is 0.480 e. The number of carboxylic acids is 1. The molecule has 0 aliphatic rings. The van der Waals surface area contributed by atoms with Crippen molar-refractivity contribution in [2.75, 3.05) is 5.75 Å². The van der Waals surface area contributed by atoms with Crippen LogP contribution >= 0.6 is 11.8 Å². The van der Waals surface area contributed by atoms with Crippen molar-refractivity contribution in [3.63, 3.8) is 0 Å². The first kappa shape index (κ1) is 10.2. The molecule has 5 heteroatoms. The van der Waals surface area contributed by atoms with E-state index in [1.165, 1.54) is 11.8 Å². The SMILES string of the molecule is CC=CSCC(N=O)C(=O)O. The van der Waals surface area contributed by atoms with Crippen LogP contribution < -0.4 is 0 Å². The summed E-state index contributed by atoms with van der Waals surface area (Å²) in [5.41, 5.74) is 0. The van der Waals surface area contributed by atoms with Crippen LogP contribution in [0.3, 0.4) is 0 Å². The Hall–Kier alpha value is -0.840. The predicted octanol–water partition coefficient (Wildman–Crippen LogP) is 1.47. The summed E-state index contributed by atoms with van der Waals surface area (Å²) >= 11 is 1.26. The second kappa shape index (κ2) is 5.91. The molecule has 0 fully saturated rings. The monoisotopic (exact) mass is 175 g/mol. The highest BCUT2D eigenvalue weighted by Crippen LogP contribution is 2.06. The fraction of sp³-hybridized carbons (Fsp3) is 0.500. The molecule has 1 N–H and O–H groups in total. The highest BCUT2D eigenvalue weighted by Gasteiger charge is 2.16. The van der Waals surface area contributed by atoms with E-state index in [0.29, 0.717) is 0 Å². The van der Waals surface area contributed by atoms with Crippen LogP contribution in [0.1, 0.15) is 6.92 Å². The zero-order valence-electron chi connectivity index (χ0n) is 6.06. The third-order valence-electron chi connectivity index (χ3n) is 0.899. The number of carboxylic acid groups (broad SMARTS) is 1. The Morgan fingerprint density at radius 3 is 2.82 bits per heavy atom. The number of nitrogens with zero attached hydrogens (tertiary/aromatic N) is 1. The third kappa shape index (κ3) is 4.55. The highest BCUT2D eigenvalue weighted by molar-refractivity contribution is 8.02. The minimum atomic E-state index is -1.17. The maximum atomic E-state index is 10.2. The van der Waals surface area contributed by atoms with Gasteiger partial charge in [0.05, 0.1) is 0 Å². The molecule has 0 amide bonds. The Kier molecular flexibility index (Phi) is 5.46. The number of hydrogen-bond donors (Lipinski definition) is 1. The van der Waals surface area contributed by atoms with Crippen molar-refractivity contribution < 1.29 is 9.90 Å². The van der Waals surface area contributed by atoms with E-state index in [2.05, 4.69) is 5.18 Å². The minimum Gasteiger partial charge on any atom is -0.480 e. The van der Waals surface area contributed by atoms with Gasteiger partial charge < -0.3 is 5.11 Å². The molecule has 0 saturated heterocycles. The number of rotatable bonds is 5. The van der Waals surface area contributed by atoms with Crippen LogP contribution in [0.25, 0.3) is 0 Å². The van der Waals surface area contributed by atoms with Gasteiger partial charge in [-0.1, -0.05) is 11.3 Å². The number of thioether (sulfide) groups is 1. The van der Waals surface area contributed by atoms with Crippen molar-refractivity contribution >= 4 is 17.7 Å². The lowest BCUT2D eigenvalue weighted by Crippen LogP contribution is -2.19. The summed E-state index contributed by atoms with van der Waals surface area (Å²) in [6.07, 6.45) is 1.77. The smallest absolute Gasteiger partial charge is 0.333 e. The van der Waals surface area contributed by atoms with Crippen LogP contribution in [0, 0.1) is 4.91 Å². The van der Waals surface area contributed by atoms with Crippen molar-refractivity contribution in [3.05, 3.63) is 16.4 Å². The summed E-state index contributed by atoms with van der Waals surface area (Å²) < 4.78 is 0. The number of allylic oxidation sites excluding steroid dienone is 1. The first-order valence-electron chi connectivity index (χ1n) is 3.00. The Labute approximate surface area is 68.6 Å². The van der Waals surface area contributed by atoms with Crippen LogP contribution in [0.15, 0.2) is 16.7 Å². The lowest BCUT2D eigenvalue weighted by Gasteiger charge is -1.98. The molecule has 4 nitrogen and oxygen atoms in total. The summed E-state index contributed by atoms with van der Waals surface area (Å²) in [6.45, 7) is 1.82. The average molecular weight is 175 g/mol. The number of hydrogen-bond acceptors (Lipinski definition) is 4. The van der Waals surface area contributed by atoms with Gasteiger partial charge in [0, 0.05) is 5.75 Å². The topological polar surface area (TPSA) is 66.7 Å². The maximum Gasteiger partial charge on any atom is 0.333 e. The molecule has 0 aliphatic heterocycles. The van der Waals surface area contributed by atoms with Gasteiger partial charge in [-0.05, 0) is 12.3 Å². The van der Waals surface area contributed by atoms with E-state index in [4.69, 9.17) is 5.11 Å². The van der Waals surface area contributed by atoms with E-state index in [1.807, 2.05) is 6.92 Å². The van der Waals surface area contributed by atoms with E-state index >= 15 is 0 Å². The van der Waals surface area contributed by atoms with Crippen LogP contribution in [0.4, 0.5) is 0 Å². The summed E-state index contributed by atoms with van der Waals surface area (Å²) in [4.78, 5) is 20.1. The molecular weight excluding hydrogens is 166 g/mol. The Morgan fingerprint density at radius 2 is 2.45 bits per heavy atom. The first-order chi connectivity index (χ1) is 5.22. The highest BCUT2D eigenvalue weighted by atomic mass is 32.2. The predicted molar refractivity (Wildman–Crippen MR) is 44.5 cm³/mol. The summed E-state index contributed by atoms with van der Waals surface area (Å²) in [7, 11) is 0. The van der Waals surface area contributed by atoms with Crippen molar-refractivity contribution in [1.29, 1.82) is 0 Å². The van der Waals surface area contributed by atoms with Crippen LogP contribution in [0.2, 0.25) is 0 Å². The maximum absolute atomic E-state index is 10.2. The molecule has 0 heterocycles. The summed E-state index contributed by atoms with van der Waals surface area (Å²) in [5.74, 6) is -0.972. The van der Waals surface area contributed by atoms with Gasteiger partial charge in [-0.3, -0.25) is 0 Å². The molecule has 62 valence electrons. The minimum absolute atomic E-state index is 0.198. The quantitative estimate of drug-likeness (QED) is 0.642. The van der Waals surface area contributed by atoms with E-state index in [9.17, 15) is 9.70 Å². The van der Waals surface area contributed by atoms with Gasteiger partial charge in [0.2, 0.25) is 0 Å². The Bertz CT molecular complexity index is 169. The lowest BCUT2D eigenvalue weighted by atomic mass is 10.4. The van der Waals surface area contributed by atoms with Crippen molar-refractivity contribution in [1.82, 2.24) is 0 Å². The van der Waals surface area contributed by atoms with Crippen molar-refractivity contribution in [2.24, 2.45) is 5.18 Å². The fourth-order valence-electron chi connectivity index (χ4n) is 0.390. The van der Waals surface area contributed by atoms with Crippen LogP contribution in [0.5, 0.6) is 0 Å². The van der Waals surface area contributed by atoms with Gasteiger partial charge in [-0.25, -0.2) is 4.79 Å². The lowest BCUT2D eigenvalue weighted by molar-refractivity contribution is -0.137. The van der Waals surface area contributed by atoms with Gasteiger partial charge in [-0.15, -0.1) is 16.7 Å². The van der Waals surface area contributed by atoms with E-state index in [0.717, 1.165) is 0 Å². The average Bonchev–Trinajstić information content (AvgIpc) is 1.97. The van der Waals surface area contributed by atoms with Gasteiger partial charge in [0.15, 0.2) is 6.04 Å². The molecule has 0 bridgehead atoms. The van der Waals surface area contributed by atoms with E-state index in [1.54, 1.807) is 11.5 Å². The summed E-state index contributed by atoms with van der Waals surface area (Å²) in [5, 5.41) is 12.5. The van der Waals surface area contributed by atoms with Crippen molar-refractivity contribution in [2.45, 2.75) is 13.0 Å². The van der Waals surface area contributed by atoms with Gasteiger partial charge in [-0.2, -0.15) is 0 Å². The molecule has 0 spiro atoms. The number of aliphatic carboxylic acids is 1. The molecule has 0 aromatic rings. The zero-order chi connectivity index (χ0) is 8.69. The number of carbonyl (C=O) groups is 1. The molecule has 1 atom stereocenters. The molecule has 11 heavy (non-hydrogen) atoms. The molecule has 0 rings (SSSR count). The molecule has 0 aromatic heterocycles. The second-order valence-electron chi connectivity index (χ2n) is 1.76. The van der Waals surface area contributed by atoms with E-state index < -0.39 is 12.0 Å². The fourth-order valence-corrected chi connectivity index (χ4v) is 1.08. The molecule has 0 radical (unpaired) electrons.